The van der Waals surface area contributed by atoms with Crippen molar-refractivity contribution in [3.05, 3.63) is 53.0 Å². The topological polar surface area (TPSA) is 74.2 Å². The zero-order valence-electron chi connectivity index (χ0n) is 13.9. The van der Waals surface area contributed by atoms with Gasteiger partial charge in [0.05, 0.1) is 5.69 Å². The molecule has 1 aromatic carbocycles. The maximum atomic E-state index is 5.92. The number of thiazole rings is 1. The number of aliphatic imine (C=N–C) groups is 1. The maximum Gasteiger partial charge on any atom is 0.197 e. The molecule has 0 bridgehead atoms. The van der Waals surface area contributed by atoms with E-state index >= 15 is 0 Å². The predicted molar refractivity (Wildman–Crippen MR) is 109 cm³/mol. The molecule has 0 saturated carbocycles. The van der Waals surface area contributed by atoms with Gasteiger partial charge in [-0.15, -0.1) is 11.3 Å². The van der Waals surface area contributed by atoms with Crippen molar-refractivity contribution in [2.24, 2.45) is 4.99 Å². The summed E-state index contributed by atoms with van der Waals surface area (Å²) in [5.74, 6) is 1.54. The molecular weight excluding hydrogens is 368 g/mol. The van der Waals surface area contributed by atoms with E-state index in [2.05, 4.69) is 30.9 Å². The van der Waals surface area contributed by atoms with Crippen LogP contribution in [-0.4, -0.2) is 29.0 Å². The second-order valence-corrected chi connectivity index (χ2v) is 7.03. The molecule has 1 aliphatic rings. The number of guanidine groups is 1. The summed E-state index contributed by atoms with van der Waals surface area (Å²) in [7, 11) is 0. The smallest absolute Gasteiger partial charge is 0.197 e. The van der Waals surface area contributed by atoms with Crippen molar-refractivity contribution in [3.8, 4) is 11.3 Å². The Morgan fingerprint density at radius 1 is 1.12 bits per heavy atom. The van der Waals surface area contributed by atoms with Crippen molar-refractivity contribution in [1.29, 1.82) is 0 Å². The monoisotopic (exact) mass is 384 g/mol. The average molecular weight is 385 g/mol. The lowest BCUT2D eigenvalue weighted by Gasteiger charge is -2.14. The SMILES string of the molecule is Clc1ccc(Nc2cc(-c3csc(NC4=NCCCN4)n3)ccn2)cc1. The zero-order valence-corrected chi connectivity index (χ0v) is 15.4. The predicted octanol–water partition coefficient (Wildman–Crippen LogP) is 4.36. The lowest BCUT2D eigenvalue weighted by atomic mass is 10.2. The number of benzene rings is 1. The number of pyridine rings is 1. The molecule has 0 aliphatic carbocycles. The second kappa shape index (κ2) is 7.72. The number of nitrogens with zero attached hydrogens (tertiary/aromatic N) is 3. The van der Waals surface area contributed by atoms with E-state index in [0.717, 1.165) is 53.4 Å². The normalized spacial score (nSPS) is 13.7. The highest BCUT2D eigenvalue weighted by Gasteiger charge is 2.09. The summed E-state index contributed by atoms with van der Waals surface area (Å²) in [6.07, 6.45) is 2.83. The van der Waals surface area contributed by atoms with Gasteiger partial charge >= 0.3 is 0 Å². The highest BCUT2D eigenvalue weighted by Crippen LogP contribution is 2.27. The number of hydrogen-bond donors (Lipinski definition) is 3. The fraction of sp³-hybridized carbons (Fsp3) is 0.167. The number of anilines is 3. The van der Waals surface area contributed by atoms with E-state index in [-0.39, 0.29) is 0 Å². The fourth-order valence-corrected chi connectivity index (χ4v) is 3.37. The minimum Gasteiger partial charge on any atom is -0.356 e. The number of nitrogens with one attached hydrogen (secondary N) is 3. The minimum atomic E-state index is 0.705. The van der Waals surface area contributed by atoms with Gasteiger partial charge < -0.3 is 16.0 Å². The Hall–Kier alpha value is -2.64. The molecule has 0 atom stereocenters. The molecule has 0 spiro atoms. The first-order chi connectivity index (χ1) is 12.8. The summed E-state index contributed by atoms with van der Waals surface area (Å²) in [5, 5.41) is 13.3. The summed E-state index contributed by atoms with van der Waals surface area (Å²) in [6.45, 7) is 1.78. The van der Waals surface area contributed by atoms with Gasteiger partial charge in [-0.1, -0.05) is 11.6 Å². The summed E-state index contributed by atoms with van der Waals surface area (Å²) >= 11 is 7.47. The Labute approximate surface area is 160 Å². The molecule has 0 unspecified atom stereocenters. The molecule has 26 heavy (non-hydrogen) atoms. The molecule has 2 aromatic heterocycles. The largest absolute Gasteiger partial charge is 0.356 e. The van der Waals surface area contributed by atoms with Gasteiger partial charge in [-0.05, 0) is 42.8 Å². The first kappa shape index (κ1) is 16.8. The van der Waals surface area contributed by atoms with Gasteiger partial charge in [0.25, 0.3) is 0 Å². The number of halogens is 1. The van der Waals surface area contributed by atoms with Gasteiger partial charge in [-0.3, -0.25) is 4.99 Å². The molecule has 1 aliphatic heterocycles. The molecular formula is C18H17ClN6S. The number of rotatable bonds is 4. The molecule has 3 N–H and O–H groups in total. The van der Waals surface area contributed by atoms with E-state index in [9.17, 15) is 0 Å². The third-order valence-corrected chi connectivity index (χ3v) is 4.81. The third kappa shape index (κ3) is 4.12. The van der Waals surface area contributed by atoms with Crippen molar-refractivity contribution in [1.82, 2.24) is 15.3 Å². The van der Waals surface area contributed by atoms with Crippen LogP contribution < -0.4 is 16.0 Å². The van der Waals surface area contributed by atoms with Crippen LogP contribution in [0.1, 0.15) is 6.42 Å². The standard InChI is InChI=1S/C18H17ClN6S/c19-13-2-4-14(5-3-13)23-16-10-12(6-9-20-16)15-11-26-18(24-15)25-17-21-7-1-8-22-17/h2-6,9-11H,1,7-8H2,(H,20,23)(H2,21,22,24,25). The summed E-state index contributed by atoms with van der Waals surface area (Å²) in [6, 6.07) is 11.4. The van der Waals surface area contributed by atoms with Gasteiger partial charge in [0.2, 0.25) is 0 Å². The van der Waals surface area contributed by atoms with Crippen molar-refractivity contribution < 1.29 is 0 Å². The molecule has 4 rings (SSSR count). The van der Waals surface area contributed by atoms with E-state index in [1.165, 1.54) is 0 Å². The molecule has 6 nitrogen and oxygen atoms in total. The van der Waals surface area contributed by atoms with Crippen molar-refractivity contribution in [3.63, 3.8) is 0 Å². The van der Waals surface area contributed by atoms with Crippen LogP contribution in [0.25, 0.3) is 11.3 Å². The van der Waals surface area contributed by atoms with E-state index in [0.29, 0.717) is 5.02 Å². The van der Waals surface area contributed by atoms with E-state index in [4.69, 9.17) is 11.6 Å². The molecule has 0 amide bonds. The van der Waals surface area contributed by atoms with Crippen LogP contribution in [0.4, 0.5) is 16.6 Å². The van der Waals surface area contributed by atoms with Gasteiger partial charge in [-0.25, -0.2) is 9.97 Å². The van der Waals surface area contributed by atoms with E-state index in [1.54, 1.807) is 17.5 Å². The van der Waals surface area contributed by atoms with Gasteiger partial charge in [0, 0.05) is 40.9 Å². The average Bonchev–Trinajstić information content (AvgIpc) is 3.13. The highest BCUT2D eigenvalue weighted by molar-refractivity contribution is 7.14. The van der Waals surface area contributed by atoms with E-state index < -0.39 is 0 Å². The van der Waals surface area contributed by atoms with Crippen LogP contribution in [0, 0.1) is 0 Å². The molecule has 0 fully saturated rings. The Bertz CT molecular complexity index is 921. The molecule has 8 heteroatoms. The summed E-state index contributed by atoms with van der Waals surface area (Å²) in [5.41, 5.74) is 2.83. The highest BCUT2D eigenvalue weighted by atomic mass is 35.5. The Morgan fingerprint density at radius 2 is 2.00 bits per heavy atom. The van der Waals surface area contributed by atoms with Crippen molar-refractivity contribution in [2.45, 2.75) is 6.42 Å². The number of aromatic nitrogens is 2. The first-order valence-electron chi connectivity index (χ1n) is 8.26. The molecule has 0 radical (unpaired) electrons. The lowest BCUT2D eigenvalue weighted by molar-refractivity contribution is 0.740. The first-order valence-corrected chi connectivity index (χ1v) is 9.52. The second-order valence-electron chi connectivity index (χ2n) is 5.74. The van der Waals surface area contributed by atoms with Crippen LogP contribution in [0.5, 0.6) is 0 Å². The van der Waals surface area contributed by atoms with Crippen molar-refractivity contribution >= 4 is 45.5 Å². The summed E-state index contributed by atoms with van der Waals surface area (Å²) < 4.78 is 0. The van der Waals surface area contributed by atoms with E-state index in [1.807, 2.05) is 41.8 Å². The van der Waals surface area contributed by atoms with Crippen molar-refractivity contribution in [2.75, 3.05) is 23.7 Å². The van der Waals surface area contributed by atoms with Crippen LogP contribution in [0.2, 0.25) is 5.02 Å². The van der Waals surface area contributed by atoms with Crippen LogP contribution in [0.3, 0.4) is 0 Å². The third-order valence-electron chi connectivity index (χ3n) is 3.80. The molecule has 3 aromatic rings. The molecule has 0 saturated heterocycles. The Kier molecular flexibility index (Phi) is 4.99. The van der Waals surface area contributed by atoms with Gasteiger partial charge in [0.1, 0.15) is 5.82 Å². The number of hydrogen-bond acceptors (Lipinski definition) is 7. The Balaban J connectivity index is 1.49. The lowest BCUT2D eigenvalue weighted by Crippen LogP contribution is -2.35. The Morgan fingerprint density at radius 3 is 2.81 bits per heavy atom. The zero-order chi connectivity index (χ0) is 17.8. The van der Waals surface area contributed by atoms with Gasteiger partial charge in [-0.2, -0.15) is 0 Å². The van der Waals surface area contributed by atoms with Crippen LogP contribution in [-0.2, 0) is 0 Å². The quantitative estimate of drug-likeness (QED) is 0.623. The summed E-state index contributed by atoms with van der Waals surface area (Å²) in [4.78, 5) is 13.4. The maximum absolute atomic E-state index is 5.92. The minimum absolute atomic E-state index is 0.705. The van der Waals surface area contributed by atoms with Gasteiger partial charge in [0.15, 0.2) is 11.1 Å². The molecule has 3 heterocycles. The van der Waals surface area contributed by atoms with Crippen LogP contribution >= 0.6 is 22.9 Å². The molecule has 132 valence electrons. The fourth-order valence-electron chi connectivity index (χ4n) is 2.52. The van der Waals surface area contributed by atoms with Crippen LogP contribution in [0.15, 0.2) is 53.0 Å².